The highest BCUT2D eigenvalue weighted by Gasteiger charge is 2.10. The number of aromatic nitrogens is 2. The molecule has 3 heteroatoms. The summed E-state index contributed by atoms with van der Waals surface area (Å²) in [5.74, 6) is 0. The molecule has 0 bridgehead atoms. The molecule has 1 aromatic heterocycles. The zero-order chi connectivity index (χ0) is 6.97. The molecule has 1 aliphatic heterocycles. The van der Waals surface area contributed by atoms with Crippen molar-refractivity contribution in [3.63, 3.8) is 0 Å². The summed E-state index contributed by atoms with van der Waals surface area (Å²) < 4.78 is 0. The normalized spacial score (nSPS) is 18.9. The predicted octanol–water partition coefficient (Wildman–Crippen LogP) is 0.559. The van der Waals surface area contributed by atoms with Gasteiger partial charge in [-0.05, 0) is 6.54 Å². The molecule has 1 aliphatic rings. The lowest BCUT2D eigenvalue weighted by atomic mass is 10.2. The summed E-state index contributed by atoms with van der Waals surface area (Å²) in [5.41, 5.74) is 2.43. The molecule has 0 fully saturated rings. The monoisotopic (exact) mass is 136 g/mol. The first kappa shape index (κ1) is 5.92. The molecular weight excluding hydrogens is 126 g/mol. The zero-order valence-electron chi connectivity index (χ0n) is 5.80. The van der Waals surface area contributed by atoms with Crippen LogP contribution in [0.15, 0.2) is 6.33 Å². The number of hydrogen-bond donors (Lipinski definition) is 1. The zero-order valence-corrected chi connectivity index (χ0v) is 5.80. The van der Waals surface area contributed by atoms with Crippen molar-refractivity contribution in [2.75, 3.05) is 6.54 Å². The maximum absolute atomic E-state index is 4.18. The molecule has 0 saturated carbocycles. The minimum atomic E-state index is 0.912. The van der Waals surface area contributed by atoms with Crippen LogP contribution in [0.2, 0.25) is 0 Å². The third-order valence-electron chi connectivity index (χ3n) is 1.85. The Kier molecular flexibility index (Phi) is 1.24. The summed E-state index contributed by atoms with van der Waals surface area (Å²) in [4.78, 5) is 9.32. The number of H-pyrrole nitrogens is 1. The van der Waals surface area contributed by atoms with Crippen LogP contribution in [0.25, 0.3) is 0 Å². The summed E-state index contributed by atoms with van der Waals surface area (Å²) in [6, 6.07) is 0. The molecule has 2 heterocycles. The molecule has 1 aromatic rings. The van der Waals surface area contributed by atoms with Crippen molar-refractivity contribution in [3.05, 3.63) is 24.8 Å². The van der Waals surface area contributed by atoms with E-state index in [1.807, 2.05) is 4.90 Å². The standard InChI is InChI=1S/C7H10N3/c1-10-3-2-6-7(4-10)9-5-8-6/h5H,1-4H2,(H,8,9)/q-1. The summed E-state index contributed by atoms with van der Waals surface area (Å²) in [5, 5.41) is 0. The molecule has 0 spiro atoms. The molecule has 54 valence electrons. The first-order chi connectivity index (χ1) is 4.86. The molecule has 0 unspecified atom stereocenters. The lowest BCUT2D eigenvalue weighted by molar-refractivity contribution is 0.341. The van der Waals surface area contributed by atoms with Crippen LogP contribution in [0.5, 0.6) is 0 Å². The Morgan fingerprint density at radius 2 is 2.60 bits per heavy atom. The highest BCUT2D eigenvalue weighted by atomic mass is 15.1. The first-order valence-corrected chi connectivity index (χ1v) is 3.43. The van der Waals surface area contributed by atoms with E-state index in [0.717, 1.165) is 19.5 Å². The lowest BCUT2D eigenvalue weighted by Gasteiger charge is -2.28. The van der Waals surface area contributed by atoms with Gasteiger partial charge in [0.15, 0.2) is 0 Å². The molecule has 0 saturated heterocycles. The highest BCUT2D eigenvalue weighted by molar-refractivity contribution is 5.14. The van der Waals surface area contributed by atoms with Gasteiger partial charge in [0.1, 0.15) is 0 Å². The third kappa shape index (κ3) is 0.827. The third-order valence-corrected chi connectivity index (χ3v) is 1.85. The number of aromatic amines is 1. The van der Waals surface area contributed by atoms with Crippen LogP contribution in [0.4, 0.5) is 0 Å². The quantitative estimate of drug-likeness (QED) is 0.528. The van der Waals surface area contributed by atoms with Crippen LogP contribution < -0.4 is 0 Å². The number of nitrogens with one attached hydrogen (secondary N) is 1. The van der Waals surface area contributed by atoms with Gasteiger partial charge in [0.2, 0.25) is 0 Å². The van der Waals surface area contributed by atoms with Crippen molar-refractivity contribution in [1.29, 1.82) is 0 Å². The van der Waals surface area contributed by atoms with Gasteiger partial charge >= 0.3 is 0 Å². The van der Waals surface area contributed by atoms with Gasteiger partial charge in [-0.25, -0.2) is 4.98 Å². The van der Waals surface area contributed by atoms with E-state index in [9.17, 15) is 0 Å². The molecule has 0 aromatic carbocycles. The van der Waals surface area contributed by atoms with Crippen molar-refractivity contribution in [3.8, 4) is 0 Å². The second-order valence-electron chi connectivity index (χ2n) is 2.63. The SMILES string of the molecule is [CH2-]N1CCc2nc[nH]c2C1. The van der Waals surface area contributed by atoms with E-state index in [4.69, 9.17) is 0 Å². The van der Waals surface area contributed by atoms with E-state index in [1.165, 1.54) is 11.4 Å². The van der Waals surface area contributed by atoms with Gasteiger partial charge in [0, 0.05) is 18.7 Å². The molecule has 10 heavy (non-hydrogen) atoms. The number of fused-ring (bicyclic) bond motifs is 1. The fourth-order valence-corrected chi connectivity index (χ4v) is 1.27. The van der Waals surface area contributed by atoms with Crippen LogP contribution in [0.1, 0.15) is 11.4 Å². The number of rotatable bonds is 0. The topological polar surface area (TPSA) is 31.9 Å². The van der Waals surface area contributed by atoms with E-state index in [-0.39, 0.29) is 0 Å². The van der Waals surface area contributed by atoms with Gasteiger partial charge in [-0.1, -0.05) is 0 Å². The van der Waals surface area contributed by atoms with Crippen LogP contribution in [-0.2, 0) is 13.0 Å². The van der Waals surface area contributed by atoms with Gasteiger partial charge in [0.05, 0.1) is 12.0 Å². The van der Waals surface area contributed by atoms with E-state index in [2.05, 4.69) is 17.0 Å². The molecule has 2 rings (SSSR count). The highest BCUT2D eigenvalue weighted by Crippen LogP contribution is 2.12. The number of nitrogens with zero attached hydrogens (tertiary/aromatic N) is 2. The van der Waals surface area contributed by atoms with E-state index in [0.29, 0.717) is 0 Å². The van der Waals surface area contributed by atoms with Crippen molar-refractivity contribution in [1.82, 2.24) is 14.9 Å². The summed E-state index contributed by atoms with van der Waals surface area (Å²) >= 11 is 0. The van der Waals surface area contributed by atoms with E-state index >= 15 is 0 Å². The Labute approximate surface area is 60.1 Å². The molecular formula is C7H10N3-. The van der Waals surface area contributed by atoms with Gasteiger partial charge in [-0.3, -0.25) is 7.05 Å². The van der Waals surface area contributed by atoms with E-state index < -0.39 is 0 Å². The maximum atomic E-state index is 4.18. The Morgan fingerprint density at radius 1 is 1.70 bits per heavy atom. The predicted molar refractivity (Wildman–Crippen MR) is 38.1 cm³/mol. The summed E-state index contributed by atoms with van der Waals surface area (Å²) in [6.07, 6.45) is 2.78. The van der Waals surface area contributed by atoms with Crippen LogP contribution in [0, 0.1) is 7.05 Å². The average Bonchev–Trinajstić information content (AvgIpc) is 2.33. The molecule has 0 atom stereocenters. The number of imidazole rings is 1. The van der Waals surface area contributed by atoms with Crippen LogP contribution in [-0.4, -0.2) is 21.4 Å². The minimum Gasteiger partial charge on any atom is -0.454 e. The summed E-state index contributed by atoms with van der Waals surface area (Å²) in [6.45, 7) is 1.94. The Bertz CT molecular complexity index is 229. The smallest absolute Gasteiger partial charge is 0.0925 e. The Balaban J connectivity index is 2.30. The second kappa shape index (κ2) is 2.09. The minimum absolute atomic E-state index is 0.912. The average molecular weight is 136 g/mol. The van der Waals surface area contributed by atoms with Crippen molar-refractivity contribution in [2.45, 2.75) is 13.0 Å². The van der Waals surface area contributed by atoms with Gasteiger partial charge in [-0.2, -0.15) is 0 Å². The fourth-order valence-electron chi connectivity index (χ4n) is 1.27. The molecule has 1 N–H and O–H groups in total. The van der Waals surface area contributed by atoms with Crippen molar-refractivity contribution < 1.29 is 0 Å². The Morgan fingerprint density at radius 3 is 3.50 bits per heavy atom. The second-order valence-corrected chi connectivity index (χ2v) is 2.63. The lowest BCUT2D eigenvalue weighted by Crippen LogP contribution is -2.24. The fraction of sp³-hybridized carbons (Fsp3) is 0.429. The van der Waals surface area contributed by atoms with Crippen LogP contribution in [0.3, 0.4) is 0 Å². The largest absolute Gasteiger partial charge is 0.454 e. The summed E-state index contributed by atoms with van der Waals surface area (Å²) in [7, 11) is 3.86. The van der Waals surface area contributed by atoms with Gasteiger partial charge in [0.25, 0.3) is 0 Å². The molecule has 0 aliphatic carbocycles. The molecule has 0 radical (unpaired) electrons. The van der Waals surface area contributed by atoms with Gasteiger partial charge < -0.3 is 9.88 Å². The molecule has 0 amide bonds. The maximum Gasteiger partial charge on any atom is 0.0925 e. The van der Waals surface area contributed by atoms with E-state index in [1.54, 1.807) is 6.33 Å². The van der Waals surface area contributed by atoms with Crippen LogP contribution >= 0.6 is 0 Å². The van der Waals surface area contributed by atoms with Gasteiger partial charge in [-0.15, -0.1) is 0 Å². The number of hydrogen-bond acceptors (Lipinski definition) is 2. The van der Waals surface area contributed by atoms with Crippen molar-refractivity contribution in [2.24, 2.45) is 0 Å². The molecule has 3 nitrogen and oxygen atoms in total. The first-order valence-electron chi connectivity index (χ1n) is 3.43. The Hall–Kier alpha value is -0.830. The van der Waals surface area contributed by atoms with Crippen molar-refractivity contribution >= 4 is 0 Å².